The number of halogens is 1. The summed E-state index contributed by atoms with van der Waals surface area (Å²) in [5.41, 5.74) is 5.71. The fraction of sp³-hybridized carbons (Fsp3) is 0.333. The molecule has 2 N–H and O–H groups in total. The van der Waals surface area contributed by atoms with Crippen molar-refractivity contribution >= 4 is 11.1 Å². The van der Waals surface area contributed by atoms with Crippen LogP contribution in [0, 0.1) is 6.92 Å². The standard InChI is InChI=1S/C30H32FNO4/c1-20-16-27-29(18-28(20)34)35-15-11-26(22-4-2-5-23(33)17-22)30(27)21-6-8-24(9-7-21)36-25-10-14-32(19-25)13-3-12-31/h2,4-9,16-18,25,33-34H,3,10-15,19H2,1H3/t25-/m0/s1. The lowest BCUT2D eigenvalue weighted by molar-refractivity contribution is 0.198. The normalized spacial score (nSPS) is 18.0. The molecule has 1 atom stereocenters. The van der Waals surface area contributed by atoms with E-state index >= 15 is 0 Å². The van der Waals surface area contributed by atoms with Crippen LogP contribution in [0.3, 0.4) is 0 Å². The van der Waals surface area contributed by atoms with Gasteiger partial charge >= 0.3 is 0 Å². The Labute approximate surface area is 211 Å². The summed E-state index contributed by atoms with van der Waals surface area (Å²) in [5, 5.41) is 20.5. The first-order valence-corrected chi connectivity index (χ1v) is 12.6. The van der Waals surface area contributed by atoms with Crippen LogP contribution >= 0.6 is 0 Å². The van der Waals surface area contributed by atoms with E-state index in [0.717, 1.165) is 65.2 Å². The van der Waals surface area contributed by atoms with Crippen molar-refractivity contribution in [3.63, 3.8) is 0 Å². The summed E-state index contributed by atoms with van der Waals surface area (Å²) < 4.78 is 24.8. The molecule has 0 bridgehead atoms. The second kappa shape index (κ2) is 10.6. The van der Waals surface area contributed by atoms with Crippen LogP contribution in [0.1, 0.15) is 41.5 Å². The number of alkyl halides is 1. The fourth-order valence-electron chi connectivity index (χ4n) is 5.13. The van der Waals surface area contributed by atoms with E-state index in [9.17, 15) is 14.6 Å². The highest BCUT2D eigenvalue weighted by Crippen LogP contribution is 2.43. The zero-order valence-corrected chi connectivity index (χ0v) is 20.5. The van der Waals surface area contributed by atoms with Gasteiger partial charge in [0.1, 0.15) is 29.1 Å². The summed E-state index contributed by atoms with van der Waals surface area (Å²) >= 11 is 0. The Kier molecular flexibility index (Phi) is 7.14. The van der Waals surface area contributed by atoms with Crippen molar-refractivity contribution in [1.82, 2.24) is 4.90 Å². The van der Waals surface area contributed by atoms with Gasteiger partial charge in [0.25, 0.3) is 0 Å². The monoisotopic (exact) mass is 489 g/mol. The van der Waals surface area contributed by atoms with E-state index in [1.807, 2.05) is 37.3 Å². The lowest BCUT2D eigenvalue weighted by Crippen LogP contribution is -2.26. The van der Waals surface area contributed by atoms with Gasteiger partial charge in [-0.2, -0.15) is 0 Å². The third kappa shape index (κ3) is 5.19. The number of aryl methyl sites for hydroxylation is 1. The summed E-state index contributed by atoms with van der Waals surface area (Å²) in [7, 11) is 0. The smallest absolute Gasteiger partial charge is 0.130 e. The second-order valence-corrected chi connectivity index (χ2v) is 9.53. The highest BCUT2D eigenvalue weighted by Gasteiger charge is 2.25. The van der Waals surface area contributed by atoms with Gasteiger partial charge in [0.15, 0.2) is 0 Å². The van der Waals surface area contributed by atoms with E-state index in [1.54, 1.807) is 18.2 Å². The number of hydrogen-bond donors (Lipinski definition) is 2. The average Bonchev–Trinajstić information content (AvgIpc) is 3.24. The molecule has 188 valence electrons. The van der Waals surface area contributed by atoms with E-state index in [2.05, 4.69) is 17.0 Å². The van der Waals surface area contributed by atoms with Crippen molar-refractivity contribution in [3.8, 4) is 23.0 Å². The molecule has 0 amide bonds. The van der Waals surface area contributed by atoms with Gasteiger partial charge in [-0.05, 0) is 77.9 Å². The van der Waals surface area contributed by atoms with E-state index in [0.29, 0.717) is 25.2 Å². The van der Waals surface area contributed by atoms with E-state index in [-0.39, 0.29) is 24.3 Å². The molecule has 1 saturated heterocycles. The Hall–Kier alpha value is -3.51. The maximum Gasteiger partial charge on any atom is 0.130 e. The maximum absolute atomic E-state index is 12.5. The fourth-order valence-corrected chi connectivity index (χ4v) is 5.13. The largest absolute Gasteiger partial charge is 0.508 e. The second-order valence-electron chi connectivity index (χ2n) is 9.53. The minimum atomic E-state index is -0.281. The Bertz CT molecular complexity index is 1250. The third-order valence-electron chi connectivity index (χ3n) is 6.96. The number of hydrogen-bond acceptors (Lipinski definition) is 5. The van der Waals surface area contributed by atoms with Crippen LogP contribution in [-0.4, -0.2) is 54.1 Å². The molecular formula is C30H32FNO4. The molecule has 1 fully saturated rings. The van der Waals surface area contributed by atoms with Crippen LogP contribution in [0.15, 0.2) is 60.7 Å². The number of nitrogens with zero attached hydrogens (tertiary/aromatic N) is 1. The number of likely N-dealkylation sites (tertiary alicyclic amines) is 1. The van der Waals surface area contributed by atoms with Gasteiger partial charge in [0.05, 0.1) is 13.3 Å². The number of aromatic hydroxyl groups is 2. The molecule has 0 unspecified atom stereocenters. The van der Waals surface area contributed by atoms with Crippen molar-refractivity contribution in [1.29, 1.82) is 0 Å². The minimum absolute atomic E-state index is 0.107. The summed E-state index contributed by atoms with van der Waals surface area (Å²) in [5.74, 6) is 1.87. The SMILES string of the molecule is Cc1cc2c(cc1O)OCCC(c1cccc(O)c1)=C2c1ccc(O[C@H]2CCN(CCCF)C2)cc1. The van der Waals surface area contributed by atoms with Crippen LogP contribution < -0.4 is 9.47 Å². The summed E-state index contributed by atoms with van der Waals surface area (Å²) in [6.07, 6.45) is 2.27. The molecule has 5 nitrogen and oxygen atoms in total. The van der Waals surface area contributed by atoms with Crippen LogP contribution in [0.4, 0.5) is 4.39 Å². The summed E-state index contributed by atoms with van der Waals surface area (Å²) in [4.78, 5) is 2.26. The van der Waals surface area contributed by atoms with Crippen LogP contribution in [-0.2, 0) is 0 Å². The zero-order valence-electron chi connectivity index (χ0n) is 20.5. The first-order valence-electron chi connectivity index (χ1n) is 12.6. The topological polar surface area (TPSA) is 62.2 Å². The van der Waals surface area contributed by atoms with E-state index in [1.165, 1.54) is 0 Å². The highest BCUT2D eigenvalue weighted by atomic mass is 19.1. The van der Waals surface area contributed by atoms with Crippen molar-refractivity contribution < 1.29 is 24.1 Å². The molecule has 6 heteroatoms. The number of ether oxygens (including phenoxy) is 2. The molecule has 2 heterocycles. The Morgan fingerprint density at radius 3 is 2.67 bits per heavy atom. The molecule has 0 radical (unpaired) electrons. The number of phenols is 2. The molecule has 36 heavy (non-hydrogen) atoms. The van der Waals surface area contributed by atoms with Crippen molar-refractivity contribution in [2.45, 2.75) is 32.3 Å². The first kappa shape index (κ1) is 24.2. The predicted molar refractivity (Wildman–Crippen MR) is 139 cm³/mol. The lowest BCUT2D eigenvalue weighted by Gasteiger charge is -2.18. The summed E-state index contributed by atoms with van der Waals surface area (Å²) in [6, 6.07) is 19.0. The highest BCUT2D eigenvalue weighted by molar-refractivity contribution is 6.01. The number of rotatable bonds is 7. The van der Waals surface area contributed by atoms with Gasteiger partial charge in [-0.3, -0.25) is 9.29 Å². The molecule has 3 aromatic rings. The van der Waals surface area contributed by atoms with Crippen LogP contribution in [0.2, 0.25) is 0 Å². The number of benzene rings is 3. The molecule has 5 rings (SSSR count). The maximum atomic E-state index is 12.5. The molecule has 3 aromatic carbocycles. The minimum Gasteiger partial charge on any atom is -0.508 e. The van der Waals surface area contributed by atoms with Crippen molar-refractivity contribution in [3.05, 3.63) is 82.9 Å². The molecule has 0 aliphatic carbocycles. The van der Waals surface area contributed by atoms with Gasteiger partial charge in [0, 0.05) is 37.7 Å². The van der Waals surface area contributed by atoms with Gasteiger partial charge in [-0.1, -0.05) is 24.3 Å². The van der Waals surface area contributed by atoms with Crippen molar-refractivity contribution in [2.75, 3.05) is 32.9 Å². The van der Waals surface area contributed by atoms with E-state index in [4.69, 9.17) is 9.47 Å². The molecular weight excluding hydrogens is 457 g/mol. The molecule has 0 saturated carbocycles. The Morgan fingerprint density at radius 1 is 1.06 bits per heavy atom. The average molecular weight is 490 g/mol. The van der Waals surface area contributed by atoms with Gasteiger partial charge in [-0.25, -0.2) is 0 Å². The number of phenolic OH excluding ortho intramolecular Hbond substituents is 2. The Morgan fingerprint density at radius 2 is 1.89 bits per heavy atom. The van der Waals surface area contributed by atoms with Gasteiger partial charge in [0.2, 0.25) is 0 Å². The number of fused-ring (bicyclic) bond motifs is 1. The first-order chi connectivity index (χ1) is 17.5. The van der Waals surface area contributed by atoms with Crippen LogP contribution in [0.25, 0.3) is 11.1 Å². The van der Waals surface area contributed by atoms with E-state index < -0.39 is 0 Å². The molecule has 2 aliphatic rings. The quantitative estimate of drug-likeness (QED) is 0.429. The molecule has 0 spiro atoms. The Balaban J connectivity index is 1.49. The third-order valence-corrected chi connectivity index (χ3v) is 6.96. The molecule has 0 aromatic heterocycles. The predicted octanol–water partition coefficient (Wildman–Crippen LogP) is 5.96. The molecule has 2 aliphatic heterocycles. The van der Waals surface area contributed by atoms with Crippen LogP contribution in [0.5, 0.6) is 23.0 Å². The van der Waals surface area contributed by atoms with Gasteiger partial charge in [-0.15, -0.1) is 0 Å². The lowest BCUT2D eigenvalue weighted by atomic mass is 9.87. The van der Waals surface area contributed by atoms with Crippen molar-refractivity contribution in [2.24, 2.45) is 0 Å². The summed E-state index contributed by atoms with van der Waals surface area (Å²) in [6.45, 7) is 4.59. The zero-order chi connectivity index (χ0) is 25.1. The van der Waals surface area contributed by atoms with Gasteiger partial charge < -0.3 is 19.7 Å².